The van der Waals surface area contributed by atoms with Crippen molar-refractivity contribution in [1.82, 2.24) is 5.32 Å². The van der Waals surface area contributed by atoms with Crippen LogP contribution in [0.3, 0.4) is 0 Å². The molecule has 0 bridgehead atoms. The Morgan fingerprint density at radius 1 is 1.26 bits per heavy atom. The molecule has 0 aromatic heterocycles. The molecule has 0 saturated carbocycles. The maximum Gasteiger partial charge on any atom is 0.253 e. The topological polar surface area (TPSA) is 124 Å². The lowest BCUT2D eigenvalue weighted by Gasteiger charge is -2.22. The van der Waals surface area contributed by atoms with Crippen molar-refractivity contribution in [1.29, 1.82) is 0 Å². The van der Waals surface area contributed by atoms with Gasteiger partial charge in [0.15, 0.2) is 14.7 Å². The fraction of sp³-hybridized carbons (Fsp3) is 0.500. The smallest absolute Gasteiger partial charge is 0.253 e. The van der Waals surface area contributed by atoms with E-state index in [1.807, 2.05) is 0 Å². The lowest BCUT2D eigenvalue weighted by Crippen LogP contribution is -2.43. The first kappa shape index (κ1) is 25.6. The minimum Gasteiger partial charge on any atom is -0.550 e. The minimum absolute atomic E-state index is 0.0702. The molecule has 1 rings (SSSR count). The molecule has 11 heteroatoms. The number of sulfone groups is 1. The highest BCUT2D eigenvalue weighted by Gasteiger charge is 2.25. The first-order valence-electron chi connectivity index (χ1n) is 7.76. The van der Waals surface area contributed by atoms with Crippen molar-refractivity contribution in [2.75, 3.05) is 12.9 Å². The van der Waals surface area contributed by atoms with E-state index in [4.69, 9.17) is 23.2 Å². The Morgan fingerprint density at radius 3 is 2.07 bits per heavy atom. The largest absolute Gasteiger partial charge is 0.550 e. The van der Waals surface area contributed by atoms with Crippen LogP contribution in [0.1, 0.15) is 31.4 Å². The number of aliphatic hydroxyl groups is 1. The normalized spacial score (nSPS) is 13.3. The van der Waals surface area contributed by atoms with Crippen LogP contribution in [0.25, 0.3) is 0 Å². The number of alkyl halides is 3. The van der Waals surface area contributed by atoms with Crippen LogP contribution in [0.2, 0.25) is 0 Å². The van der Waals surface area contributed by atoms with Crippen LogP contribution in [0.5, 0.6) is 0 Å². The van der Waals surface area contributed by atoms with Gasteiger partial charge >= 0.3 is 0 Å². The van der Waals surface area contributed by atoms with Gasteiger partial charge < -0.3 is 20.3 Å². The highest BCUT2D eigenvalue weighted by atomic mass is 35.5. The van der Waals surface area contributed by atoms with Crippen LogP contribution in [0, 0.1) is 0 Å². The summed E-state index contributed by atoms with van der Waals surface area (Å²) in [5.74, 6) is -1.79. The maximum absolute atomic E-state index is 12.9. The second-order valence-corrected chi connectivity index (χ2v) is 8.59. The van der Waals surface area contributed by atoms with Crippen LogP contribution in [0.4, 0.5) is 4.39 Å². The zero-order valence-electron chi connectivity index (χ0n) is 14.7. The molecular formula is C16H21Cl2FNO6S-. The van der Waals surface area contributed by atoms with Gasteiger partial charge in [0, 0.05) is 12.2 Å². The molecule has 7 nitrogen and oxygen atoms in total. The lowest BCUT2D eigenvalue weighted by atomic mass is 10.0. The summed E-state index contributed by atoms with van der Waals surface area (Å²) in [5, 5.41) is 21.7. The Labute approximate surface area is 167 Å². The average molecular weight is 445 g/mol. The molecule has 1 amide bonds. The van der Waals surface area contributed by atoms with Crippen molar-refractivity contribution in [2.24, 2.45) is 0 Å². The van der Waals surface area contributed by atoms with E-state index in [0.29, 0.717) is 6.42 Å². The van der Waals surface area contributed by atoms with Crippen molar-refractivity contribution in [3.8, 4) is 0 Å². The number of hydrogen-bond donors (Lipinski definition) is 2. The monoisotopic (exact) mass is 444 g/mol. The summed E-state index contributed by atoms with van der Waals surface area (Å²) < 4.78 is 35.6. The van der Waals surface area contributed by atoms with Gasteiger partial charge in [-0.2, -0.15) is 0 Å². The van der Waals surface area contributed by atoms with Crippen LogP contribution in [-0.2, 0) is 19.4 Å². The number of nitrogens with one attached hydrogen (secondary N) is 1. The van der Waals surface area contributed by atoms with Gasteiger partial charge in [-0.15, -0.1) is 0 Å². The number of amides is 1. The van der Waals surface area contributed by atoms with Crippen molar-refractivity contribution in [3.63, 3.8) is 0 Å². The number of aliphatic carboxylic acids is 1. The first-order chi connectivity index (χ1) is 12.4. The minimum atomic E-state index is -3.36. The summed E-state index contributed by atoms with van der Waals surface area (Å²) in [6.45, 7) is 0.761. The Kier molecular flexibility index (Phi) is 11.5. The second-order valence-electron chi connectivity index (χ2n) is 5.48. The number of aliphatic hydroxyl groups excluding tert-OH is 1. The van der Waals surface area contributed by atoms with E-state index < -0.39 is 45.4 Å². The fourth-order valence-corrected chi connectivity index (χ4v) is 2.55. The molecule has 154 valence electrons. The molecule has 0 unspecified atom stereocenters. The third kappa shape index (κ3) is 9.90. The molecular weight excluding hydrogens is 424 g/mol. The third-order valence-electron chi connectivity index (χ3n) is 3.18. The van der Waals surface area contributed by atoms with E-state index in [1.165, 1.54) is 24.3 Å². The zero-order valence-corrected chi connectivity index (χ0v) is 17.0. The van der Waals surface area contributed by atoms with E-state index >= 15 is 0 Å². The highest BCUT2D eigenvalue weighted by Crippen LogP contribution is 2.20. The first-order valence-corrected chi connectivity index (χ1v) is 10.5. The van der Waals surface area contributed by atoms with E-state index in [0.717, 1.165) is 6.26 Å². The fourth-order valence-electron chi connectivity index (χ4n) is 1.80. The van der Waals surface area contributed by atoms with Gasteiger partial charge in [-0.3, -0.25) is 4.79 Å². The van der Waals surface area contributed by atoms with Crippen LogP contribution >= 0.6 is 23.2 Å². The third-order valence-corrected chi connectivity index (χ3v) is 4.70. The molecule has 0 radical (unpaired) electrons. The highest BCUT2D eigenvalue weighted by molar-refractivity contribution is 7.90. The maximum atomic E-state index is 12.9. The molecule has 0 saturated heterocycles. The summed E-state index contributed by atoms with van der Waals surface area (Å²) in [6.07, 6.45) is 0.534. The second kappa shape index (κ2) is 12.1. The number of benzene rings is 1. The number of carboxylic acids is 1. The van der Waals surface area contributed by atoms with E-state index in [2.05, 4.69) is 5.32 Å². The van der Waals surface area contributed by atoms with Gasteiger partial charge in [0.2, 0.25) is 0 Å². The predicted molar refractivity (Wildman–Crippen MR) is 97.8 cm³/mol. The van der Waals surface area contributed by atoms with Gasteiger partial charge in [0.05, 0.1) is 10.9 Å². The van der Waals surface area contributed by atoms with E-state index in [1.54, 1.807) is 6.92 Å². The molecule has 0 fully saturated rings. The van der Waals surface area contributed by atoms with E-state index in [-0.39, 0.29) is 16.9 Å². The number of carboxylic acid groups (broad SMARTS) is 1. The Balaban J connectivity index is 0.000000972. The van der Waals surface area contributed by atoms with Crippen LogP contribution in [0.15, 0.2) is 29.2 Å². The van der Waals surface area contributed by atoms with Gasteiger partial charge in [-0.1, -0.05) is 48.7 Å². The van der Waals surface area contributed by atoms with Crippen LogP contribution < -0.4 is 10.4 Å². The predicted octanol–water partition coefficient (Wildman–Crippen LogP) is 0.918. The summed E-state index contributed by atoms with van der Waals surface area (Å²) in [5.41, 5.74) is 0.256. The zero-order chi connectivity index (χ0) is 21.2. The summed E-state index contributed by atoms with van der Waals surface area (Å²) in [4.78, 5) is 19.5. The lowest BCUT2D eigenvalue weighted by molar-refractivity contribution is -0.305. The number of hydrogen-bond acceptors (Lipinski definition) is 6. The molecule has 1 aromatic rings. The molecule has 27 heavy (non-hydrogen) atoms. The van der Waals surface area contributed by atoms with Crippen molar-refractivity contribution in [3.05, 3.63) is 29.8 Å². The summed E-state index contributed by atoms with van der Waals surface area (Å²) in [7, 11) is -3.36. The van der Waals surface area contributed by atoms with Gasteiger partial charge in [0.25, 0.3) is 5.91 Å². The number of rotatable bonds is 8. The molecule has 1 aromatic carbocycles. The quantitative estimate of drug-likeness (QED) is 0.574. The van der Waals surface area contributed by atoms with Gasteiger partial charge in [-0.25, -0.2) is 12.8 Å². The van der Waals surface area contributed by atoms with Crippen molar-refractivity contribution < 1.29 is 32.6 Å². The van der Waals surface area contributed by atoms with Crippen LogP contribution in [-0.4, -0.2) is 49.2 Å². The molecule has 2 atom stereocenters. The molecule has 0 aliphatic rings. The average Bonchev–Trinajstić information content (AvgIpc) is 2.58. The summed E-state index contributed by atoms with van der Waals surface area (Å²) in [6, 6.07) is 4.03. The molecule has 0 aliphatic carbocycles. The van der Waals surface area contributed by atoms with E-state index in [9.17, 15) is 32.6 Å². The Hall–Kier alpha value is -1.42. The molecule has 0 heterocycles. The molecule has 0 spiro atoms. The molecule has 2 N–H and O–H groups in total. The van der Waals surface area contributed by atoms with Crippen molar-refractivity contribution in [2.45, 2.75) is 41.6 Å². The number of carbonyl (C=O) groups is 2. The Morgan fingerprint density at radius 2 is 1.78 bits per heavy atom. The molecule has 0 aliphatic heterocycles. The SMILES string of the molecule is CCCC(=O)[O-].CS(=O)(=O)c1ccc([C@@H](O)[C@@H](CF)NC(=O)C(Cl)Cl)cc1. The summed E-state index contributed by atoms with van der Waals surface area (Å²) >= 11 is 10.7. The standard InChI is InChI=1S/C12H14Cl2FNO4S.C4H8O2/c1-21(19,20)8-4-2-7(3-5-8)10(17)9(6-15)16-12(18)11(13)14;1-2-3-4(5)6/h2-5,9-11,17H,6H2,1H3,(H,16,18);2-3H2,1H3,(H,5,6)/p-1/t9-,10-;/m1./s1. The van der Waals surface area contributed by atoms with Crippen molar-refractivity contribution >= 4 is 44.9 Å². The van der Waals surface area contributed by atoms with Gasteiger partial charge in [-0.05, 0) is 24.1 Å². The van der Waals surface area contributed by atoms with Gasteiger partial charge in [0.1, 0.15) is 12.8 Å². The number of carbonyl (C=O) groups excluding carboxylic acids is 2. The number of halogens is 3. The Bertz CT molecular complexity index is 712.